The van der Waals surface area contributed by atoms with Crippen LogP contribution in [0.1, 0.15) is 12.8 Å². The first-order chi connectivity index (χ1) is 6.10. The topological polar surface area (TPSA) is 87.7 Å². The lowest BCUT2D eigenvalue weighted by Crippen LogP contribution is -2.56. The van der Waals surface area contributed by atoms with Gasteiger partial charge in [-0.15, -0.1) is 0 Å². The van der Waals surface area contributed by atoms with E-state index in [0.717, 1.165) is 0 Å². The quantitative estimate of drug-likeness (QED) is 0.533. The molecule has 1 saturated carbocycles. The van der Waals surface area contributed by atoms with Crippen molar-refractivity contribution in [3.05, 3.63) is 0 Å². The number of hydrogen-bond donors (Lipinski definition) is 3. The number of carboxylic acid groups (broad SMARTS) is 1. The molecule has 13 heavy (non-hydrogen) atoms. The summed E-state index contributed by atoms with van der Waals surface area (Å²) in [5.41, 5.74) is -0.440. The highest BCUT2D eigenvalue weighted by atomic mass is 16.6. The molecule has 6 nitrogen and oxygen atoms in total. The number of rotatable bonds is 1. The number of amides is 2. The Morgan fingerprint density at radius 3 is 2.85 bits per heavy atom. The van der Waals surface area contributed by atoms with Crippen LogP contribution in [0.4, 0.5) is 9.59 Å². The van der Waals surface area contributed by atoms with Crippen LogP contribution in [0, 0.1) is 0 Å². The lowest BCUT2D eigenvalue weighted by atomic mass is 9.76. The zero-order valence-electron chi connectivity index (χ0n) is 6.87. The smallest absolute Gasteiger partial charge is 0.407 e. The number of ether oxygens (including phenoxy) is 1. The number of alkyl carbamates (subject to hydrolysis) is 1. The minimum absolute atomic E-state index is 0.0785. The maximum Gasteiger partial charge on any atom is 0.407 e. The van der Waals surface area contributed by atoms with E-state index in [4.69, 9.17) is 9.84 Å². The Morgan fingerprint density at radius 2 is 2.38 bits per heavy atom. The van der Waals surface area contributed by atoms with Crippen molar-refractivity contribution in [1.29, 1.82) is 0 Å². The lowest BCUT2D eigenvalue weighted by Gasteiger charge is -2.41. The van der Waals surface area contributed by atoms with Crippen molar-refractivity contribution in [2.24, 2.45) is 0 Å². The van der Waals surface area contributed by atoms with Crippen molar-refractivity contribution in [2.75, 3.05) is 6.54 Å². The molecule has 6 heteroatoms. The molecule has 1 spiro atoms. The van der Waals surface area contributed by atoms with Gasteiger partial charge in [0, 0.05) is 18.9 Å². The summed E-state index contributed by atoms with van der Waals surface area (Å²) in [6, 6.07) is -0.0785. The molecule has 2 amide bonds. The van der Waals surface area contributed by atoms with E-state index in [9.17, 15) is 9.59 Å². The Kier molecular flexibility index (Phi) is 1.58. The number of carbonyl (C=O) groups is 2. The summed E-state index contributed by atoms with van der Waals surface area (Å²) < 4.78 is 5.01. The van der Waals surface area contributed by atoms with Crippen LogP contribution in [0.2, 0.25) is 0 Å². The first-order valence-corrected chi connectivity index (χ1v) is 4.06. The molecule has 2 rings (SSSR count). The normalized spacial score (nSPS) is 36.3. The Hall–Kier alpha value is -1.46. The average molecular weight is 186 g/mol. The molecule has 1 aliphatic heterocycles. The van der Waals surface area contributed by atoms with Gasteiger partial charge in [-0.05, 0) is 0 Å². The molecule has 1 saturated heterocycles. The molecule has 0 unspecified atom stereocenters. The van der Waals surface area contributed by atoms with E-state index >= 15 is 0 Å². The van der Waals surface area contributed by atoms with Gasteiger partial charge >= 0.3 is 12.2 Å². The molecule has 0 aromatic carbocycles. The molecule has 72 valence electrons. The van der Waals surface area contributed by atoms with Crippen LogP contribution in [0.15, 0.2) is 0 Å². The average Bonchev–Trinajstić information content (AvgIpc) is 2.29. The molecule has 1 heterocycles. The Balaban J connectivity index is 1.83. The van der Waals surface area contributed by atoms with Crippen molar-refractivity contribution in [1.82, 2.24) is 10.6 Å². The summed E-state index contributed by atoms with van der Waals surface area (Å²) in [5.74, 6) is 0. The molecule has 0 aromatic heterocycles. The van der Waals surface area contributed by atoms with E-state index in [-0.39, 0.29) is 6.04 Å². The Morgan fingerprint density at radius 1 is 1.69 bits per heavy atom. The third-order valence-corrected chi connectivity index (χ3v) is 2.43. The summed E-state index contributed by atoms with van der Waals surface area (Å²) in [7, 11) is 0. The Labute approximate surface area is 74.2 Å². The maximum atomic E-state index is 10.7. The minimum atomic E-state index is -1.03. The molecule has 0 radical (unpaired) electrons. The second-order valence-corrected chi connectivity index (χ2v) is 3.48. The van der Waals surface area contributed by atoms with Crippen LogP contribution in [0.25, 0.3) is 0 Å². The fraction of sp³-hybridized carbons (Fsp3) is 0.714. The SMILES string of the molecule is O=C(O)NC1CC2(CNC(=O)O2)C1. The highest BCUT2D eigenvalue weighted by molar-refractivity contribution is 5.71. The van der Waals surface area contributed by atoms with Crippen LogP contribution in [-0.2, 0) is 4.74 Å². The van der Waals surface area contributed by atoms with Crippen LogP contribution in [-0.4, -0.2) is 35.5 Å². The van der Waals surface area contributed by atoms with Gasteiger partial charge in [0.05, 0.1) is 6.54 Å². The number of carbonyl (C=O) groups excluding carboxylic acids is 1. The van der Waals surface area contributed by atoms with Gasteiger partial charge in [-0.1, -0.05) is 0 Å². The Bertz CT molecular complexity index is 259. The summed E-state index contributed by atoms with van der Waals surface area (Å²) >= 11 is 0. The van der Waals surface area contributed by atoms with Crippen LogP contribution < -0.4 is 10.6 Å². The molecule has 1 aliphatic carbocycles. The van der Waals surface area contributed by atoms with E-state index in [2.05, 4.69) is 10.6 Å². The predicted octanol–water partition coefficient (Wildman–Crippen LogP) is -0.105. The highest BCUT2D eigenvalue weighted by Gasteiger charge is 2.51. The van der Waals surface area contributed by atoms with Gasteiger partial charge in [0.2, 0.25) is 0 Å². The minimum Gasteiger partial charge on any atom is -0.465 e. The van der Waals surface area contributed by atoms with Crippen molar-refractivity contribution in [3.8, 4) is 0 Å². The van der Waals surface area contributed by atoms with Crippen molar-refractivity contribution >= 4 is 12.2 Å². The van der Waals surface area contributed by atoms with Gasteiger partial charge in [-0.3, -0.25) is 0 Å². The zero-order chi connectivity index (χ0) is 9.47. The standard InChI is InChI=1S/C7H10N2O4/c10-5(11)9-4-1-7(2-4)3-8-6(12)13-7/h4,9H,1-3H2,(H,8,12)(H,10,11). The van der Waals surface area contributed by atoms with E-state index in [0.29, 0.717) is 19.4 Å². The van der Waals surface area contributed by atoms with Gasteiger partial charge in [0.15, 0.2) is 0 Å². The monoisotopic (exact) mass is 186 g/mol. The molecule has 0 bridgehead atoms. The van der Waals surface area contributed by atoms with Gasteiger partial charge in [-0.2, -0.15) is 0 Å². The molecule has 3 N–H and O–H groups in total. The molecule has 2 fully saturated rings. The predicted molar refractivity (Wildman–Crippen MR) is 41.4 cm³/mol. The molecular weight excluding hydrogens is 176 g/mol. The third-order valence-electron chi connectivity index (χ3n) is 2.43. The first-order valence-electron chi connectivity index (χ1n) is 4.06. The highest BCUT2D eigenvalue weighted by Crippen LogP contribution is 2.37. The van der Waals surface area contributed by atoms with Crippen molar-refractivity contribution < 1.29 is 19.4 Å². The van der Waals surface area contributed by atoms with Gasteiger partial charge in [-0.25, -0.2) is 9.59 Å². The largest absolute Gasteiger partial charge is 0.465 e. The van der Waals surface area contributed by atoms with E-state index in [1.807, 2.05) is 0 Å². The zero-order valence-corrected chi connectivity index (χ0v) is 6.87. The number of nitrogens with one attached hydrogen (secondary N) is 2. The molecule has 0 aromatic rings. The van der Waals surface area contributed by atoms with Crippen LogP contribution >= 0.6 is 0 Å². The van der Waals surface area contributed by atoms with E-state index in [1.165, 1.54) is 0 Å². The van der Waals surface area contributed by atoms with Crippen LogP contribution in [0.3, 0.4) is 0 Å². The summed E-state index contributed by atoms with van der Waals surface area (Å²) in [6.07, 6.45) is -0.304. The van der Waals surface area contributed by atoms with E-state index in [1.54, 1.807) is 0 Å². The summed E-state index contributed by atoms with van der Waals surface area (Å²) in [5, 5.41) is 13.3. The van der Waals surface area contributed by atoms with Crippen LogP contribution in [0.5, 0.6) is 0 Å². The fourth-order valence-electron chi connectivity index (χ4n) is 1.84. The second kappa shape index (κ2) is 2.51. The molecular formula is C7H10N2O4. The van der Waals surface area contributed by atoms with Crippen molar-refractivity contribution in [2.45, 2.75) is 24.5 Å². The third kappa shape index (κ3) is 1.39. The van der Waals surface area contributed by atoms with E-state index < -0.39 is 17.8 Å². The van der Waals surface area contributed by atoms with Gasteiger partial charge < -0.3 is 20.5 Å². The van der Waals surface area contributed by atoms with Gasteiger partial charge in [0.1, 0.15) is 5.60 Å². The maximum absolute atomic E-state index is 10.7. The number of hydrogen-bond acceptors (Lipinski definition) is 3. The second-order valence-electron chi connectivity index (χ2n) is 3.48. The summed E-state index contributed by atoms with van der Waals surface area (Å²) in [4.78, 5) is 20.9. The first kappa shape index (κ1) is 8.15. The lowest BCUT2D eigenvalue weighted by molar-refractivity contribution is -0.0274. The van der Waals surface area contributed by atoms with Crippen molar-refractivity contribution in [3.63, 3.8) is 0 Å². The van der Waals surface area contributed by atoms with Gasteiger partial charge in [0.25, 0.3) is 0 Å². The molecule has 0 atom stereocenters. The summed E-state index contributed by atoms with van der Waals surface area (Å²) in [6.45, 7) is 0.490. The molecule has 2 aliphatic rings. The fourth-order valence-corrected chi connectivity index (χ4v) is 1.84.